The number of ether oxygens (including phenoxy) is 1. The van der Waals surface area contributed by atoms with Gasteiger partial charge >= 0.3 is 11.8 Å². The van der Waals surface area contributed by atoms with E-state index in [4.69, 9.17) is 15.6 Å². The van der Waals surface area contributed by atoms with Crippen LogP contribution in [0.25, 0.3) is 0 Å². The van der Waals surface area contributed by atoms with Crippen LogP contribution in [0.3, 0.4) is 0 Å². The van der Waals surface area contributed by atoms with Gasteiger partial charge in [0.2, 0.25) is 0 Å². The standard InChI is InChI=1S/C11H13F2N3O4/c1-4-3-16(10(18)15-8(4)14)9-5(2)6(17)7(20-9)11(12,13)19/h3,6-7,9,17,19H,2H2,1H3,(H2,14,15,18)/t6-,7-,9+/m0/s1. The first-order valence-electron chi connectivity index (χ1n) is 5.60. The second-order valence-corrected chi connectivity index (χ2v) is 4.52. The topological polar surface area (TPSA) is 111 Å². The van der Waals surface area contributed by atoms with Crippen LogP contribution in [0.5, 0.6) is 0 Å². The van der Waals surface area contributed by atoms with Crippen molar-refractivity contribution in [2.75, 3.05) is 5.73 Å². The Morgan fingerprint density at radius 3 is 2.70 bits per heavy atom. The number of aliphatic hydroxyl groups excluding tert-OH is 1. The number of anilines is 1. The molecule has 0 amide bonds. The summed E-state index contributed by atoms with van der Waals surface area (Å²) in [6.45, 7) is 4.97. The van der Waals surface area contributed by atoms with E-state index in [2.05, 4.69) is 11.6 Å². The Balaban J connectivity index is 2.43. The van der Waals surface area contributed by atoms with Crippen molar-refractivity contribution in [1.82, 2.24) is 9.55 Å². The first kappa shape index (κ1) is 14.6. The Labute approximate surface area is 111 Å². The summed E-state index contributed by atoms with van der Waals surface area (Å²) < 4.78 is 31.5. The fraction of sp³-hybridized carbons (Fsp3) is 0.455. The monoisotopic (exact) mass is 289 g/mol. The van der Waals surface area contributed by atoms with Crippen LogP contribution in [0.1, 0.15) is 11.8 Å². The Bertz CT molecular complexity index is 611. The maximum absolute atomic E-state index is 12.9. The van der Waals surface area contributed by atoms with Crippen molar-refractivity contribution < 1.29 is 23.7 Å². The van der Waals surface area contributed by atoms with Crippen LogP contribution in [0.15, 0.2) is 23.1 Å². The number of nitrogen functional groups attached to an aromatic ring is 1. The van der Waals surface area contributed by atoms with Crippen LogP contribution in [0.4, 0.5) is 14.6 Å². The molecule has 0 aliphatic carbocycles. The zero-order chi connectivity index (χ0) is 15.2. The highest BCUT2D eigenvalue weighted by Crippen LogP contribution is 2.38. The molecule has 0 saturated carbocycles. The summed E-state index contributed by atoms with van der Waals surface area (Å²) in [6, 6.07) is 0. The number of aliphatic hydroxyl groups is 2. The number of hydrogen-bond acceptors (Lipinski definition) is 6. The summed E-state index contributed by atoms with van der Waals surface area (Å²) in [5.74, 6) is -0.000513. The van der Waals surface area contributed by atoms with E-state index < -0.39 is 30.2 Å². The molecule has 1 fully saturated rings. The maximum Gasteiger partial charge on any atom is 0.382 e. The molecule has 1 saturated heterocycles. The van der Waals surface area contributed by atoms with Gasteiger partial charge in [0.1, 0.15) is 11.9 Å². The minimum atomic E-state index is -4.27. The fourth-order valence-corrected chi connectivity index (χ4v) is 1.90. The Morgan fingerprint density at radius 1 is 1.60 bits per heavy atom. The highest BCUT2D eigenvalue weighted by Gasteiger charge is 2.52. The zero-order valence-electron chi connectivity index (χ0n) is 10.5. The molecule has 2 rings (SSSR count). The van der Waals surface area contributed by atoms with E-state index >= 15 is 0 Å². The third-order valence-corrected chi connectivity index (χ3v) is 3.03. The summed E-state index contributed by atoms with van der Waals surface area (Å²) in [7, 11) is 0. The van der Waals surface area contributed by atoms with E-state index in [-0.39, 0.29) is 11.4 Å². The molecular formula is C11H13F2N3O4. The summed E-state index contributed by atoms with van der Waals surface area (Å²) in [4.78, 5) is 15.2. The zero-order valence-corrected chi connectivity index (χ0v) is 10.5. The van der Waals surface area contributed by atoms with Crippen LogP contribution in [0, 0.1) is 6.92 Å². The fourth-order valence-electron chi connectivity index (χ4n) is 1.90. The lowest BCUT2D eigenvalue weighted by molar-refractivity contribution is -0.282. The Kier molecular flexibility index (Phi) is 3.36. The molecule has 1 aliphatic rings. The highest BCUT2D eigenvalue weighted by molar-refractivity contribution is 5.35. The molecule has 9 heteroatoms. The van der Waals surface area contributed by atoms with Crippen molar-refractivity contribution >= 4 is 5.82 Å². The van der Waals surface area contributed by atoms with Crippen LogP contribution in [-0.4, -0.2) is 38.1 Å². The molecule has 110 valence electrons. The number of alkyl halides is 2. The van der Waals surface area contributed by atoms with Gasteiger partial charge in [0.25, 0.3) is 0 Å². The number of aromatic nitrogens is 2. The molecule has 1 aromatic heterocycles. The van der Waals surface area contributed by atoms with Gasteiger partial charge in [0.15, 0.2) is 12.3 Å². The molecule has 7 nitrogen and oxygen atoms in total. The molecule has 0 radical (unpaired) electrons. The van der Waals surface area contributed by atoms with E-state index in [0.717, 1.165) is 4.57 Å². The van der Waals surface area contributed by atoms with E-state index in [1.165, 1.54) is 6.20 Å². The number of hydrogen-bond donors (Lipinski definition) is 3. The van der Waals surface area contributed by atoms with Gasteiger partial charge in [-0.15, -0.1) is 0 Å². The minimum absolute atomic E-state index is 0.000513. The second kappa shape index (κ2) is 4.62. The number of rotatable bonds is 2. The smallest absolute Gasteiger partial charge is 0.382 e. The first-order valence-corrected chi connectivity index (χ1v) is 5.60. The highest BCUT2D eigenvalue weighted by atomic mass is 19.3. The number of nitrogens with two attached hydrogens (primary N) is 1. The molecule has 3 atom stereocenters. The van der Waals surface area contributed by atoms with Crippen LogP contribution in [0.2, 0.25) is 0 Å². The van der Waals surface area contributed by atoms with Crippen molar-refractivity contribution in [3.05, 3.63) is 34.4 Å². The van der Waals surface area contributed by atoms with Crippen molar-refractivity contribution in [1.29, 1.82) is 0 Å². The van der Waals surface area contributed by atoms with Crippen molar-refractivity contribution in [2.24, 2.45) is 0 Å². The number of halogens is 2. The SMILES string of the molecule is C=C1[C@H](n2cc(C)c(N)nc2=O)O[C@H](C(O)(F)F)[C@H]1O. The molecule has 1 aromatic rings. The van der Waals surface area contributed by atoms with Gasteiger partial charge in [0, 0.05) is 17.3 Å². The Morgan fingerprint density at radius 2 is 2.20 bits per heavy atom. The molecule has 4 N–H and O–H groups in total. The molecular weight excluding hydrogens is 276 g/mol. The van der Waals surface area contributed by atoms with Crippen molar-refractivity contribution in [2.45, 2.75) is 31.5 Å². The number of aryl methyl sites for hydroxylation is 1. The largest absolute Gasteiger partial charge is 0.386 e. The summed E-state index contributed by atoms with van der Waals surface area (Å²) in [5, 5.41) is 18.3. The molecule has 0 bridgehead atoms. The average Bonchev–Trinajstić information content (AvgIpc) is 2.61. The quantitative estimate of drug-likeness (QED) is 0.635. The van der Waals surface area contributed by atoms with E-state index in [1.807, 2.05) is 0 Å². The first-order chi connectivity index (χ1) is 9.12. The Hall–Kier alpha value is -1.84. The van der Waals surface area contributed by atoms with E-state index in [9.17, 15) is 18.7 Å². The van der Waals surface area contributed by atoms with Gasteiger partial charge in [0.05, 0.1) is 0 Å². The molecule has 0 unspecified atom stereocenters. The lowest BCUT2D eigenvalue weighted by atomic mass is 10.1. The van der Waals surface area contributed by atoms with Crippen LogP contribution < -0.4 is 11.4 Å². The summed E-state index contributed by atoms with van der Waals surface area (Å²) >= 11 is 0. The second-order valence-electron chi connectivity index (χ2n) is 4.52. The van der Waals surface area contributed by atoms with Crippen molar-refractivity contribution in [3.8, 4) is 0 Å². The molecule has 0 spiro atoms. The molecule has 0 aromatic carbocycles. The van der Waals surface area contributed by atoms with Gasteiger partial charge < -0.3 is 20.7 Å². The van der Waals surface area contributed by atoms with Gasteiger partial charge in [-0.2, -0.15) is 13.8 Å². The lowest BCUT2D eigenvalue weighted by Crippen LogP contribution is -2.40. The summed E-state index contributed by atoms with van der Waals surface area (Å²) in [6.07, 6.45) is -8.39. The normalized spacial score (nSPS) is 27.1. The van der Waals surface area contributed by atoms with Crippen LogP contribution in [-0.2, 0) is 4.74 Å². The third kappa shape index (κ3) is 2.30. The lowest BCUT2D eigenvalue weighted by Gasteiger charge is -2.19. The molecule has 20 heavy (non-hydrogen) atoms. The maximum atomic E-state index is 12.9. The number of nitrogens with zero attached hydrogens (tertiary/aromatic N) is 2. The minimum Gasteiger partial charge on any atom is -0.386 e. The average molecular weight is 289 g/mol. The summed E-state index contributed by atoms with van der Waals surface area (Å²) in [5.41, 5.74) is 4.85. The predicted molar refractivity (Wildman–Crippen MR) is 63.9 cm³/mol. The third-order valence-electron chi connectivity index (χ3n) is 3.03. The van der Waals surface area contributed by atoms with E-state index in [0.29, 0.717) is 5.56 Å². The van der Waals surface area contributed by atoms with Gasteiger partial charge in [-0.25, -0.2) is 4.79 Å². The molecule has 2 heterocycles. The molecule has 1 aliphatic heterocycles. The van der Waals surface area contributed by atoms with Gasteiger partial charge in [-0.1, -0.05) is 6.58 Å². The van der Waals surface area contributed by atoms with Crippen molar-refractivity contribution in [3.63, 3.8) is 0 Å². The predicted octanol–water partition coefficient (Wildman–Crippen LogP) is -0.466. The van der Waals surface area contributed by atoms with Gasteiger partial charge in [-0.05, 0) is 6.92 Å². The van der Waals surface area contributed by atoms with E-state index in [1.54, 1.807) is 6.92 Å². The van der Waals surface area contributed by atoms with Gasteiger partial charge in [-0.3, -0.25) is 4.57 Å². The van der Waals surface area contributed by atoms with Crippen LogP contribution >= 0.6 is 0 Å².